The molecule has 0 aliphatic heterocycles. The average molecular weight is 415 g/mol. The first-order valence-corrected chi connectivity index (χ1v) is 12.2. The minimum atomic E-state index is -0.388. The highest BCUT2D eigenvalue weighted by Gasteiger charge is 2.24. The Balaban J connectivity index is 1.63. The van der Waals surface area contributed by atoms with Gasteiger partial charge in [0.1, 0.15) is 12.2 Å². The molecular formula is C26H38O4. The zero-order valence-electron chi connectivity index (χ0n) is 18.4. The lowest BCUT2D eigenvalue weighted by Gasteiger charge is -2.20. The lowest BCUT2D eigenvalue weighted by molar-refractivity contribution is 0.0205. The topological polar surface area (TPSA) is 52.6 Å². The van der Waals surface area contributed by atoms with Crippen LogP contribution in [-0.2, 0) is 9.47 Å². The van der Waals surface area contributed by atoms with Crippen molar-refractivity contribution in [2.24, 2.45) is 0 Å². The molecule has 2 saturated carbocycles. The molecule has 0 spiro atoms. The van der Waals surface area contributed by atoms with E-state index in [1.54, 1.807) is 24.3 Å². The summed E-state index contributed by atoms with van der Waals surface area (Å²) in [4.78, 5) is 25.9. The van der Waals surface area contributed by atoms with Gasteiger partial charge >= 0.3 is 11.9 Å². The molecule has 0 unspecified atom stereocenters. The molecule has 0 aromatic heterocycles. The fraction of sp³-hybridized carbons (Fsp3) is 0.692. The average Bonchev–Trinajstić information content (AvgIpc) is 2.97. The smallest absolute Gasteiger partial charge is 0.339 e. The van der Waals surface area contributed by atoms with Crippen molar-refractivity contribution in [3.63, 3.8) is 0 Å². The standard InChI is InChI=1S/C26H38O4/c27-25(29-21-15-9-5-1-2-6-10-16-21)23-19-13-14-20-24(23)26(28)30-22-17-11-7-3-4-8-12-18-22/h13-14,19-22H,1-12,15-18H2. The van der Waals surface area contributed by atoms with E-state index in [2.05, 4.69) is 0 Å². The highest BCUT2D eigenvalue weighted by Crippen LogP contribution is 2.23. The van der Waals surface area contributed by atoms with Crippen LogP contribution in [0.1, 0.15) is 123 Å². The highest BCUT2D eigenvalue weighted by molar-refractivity contribution is 6.03. The summed E-state index contributed by atoms with van der Waals surface area (Å²) in [7, 11) is 0. The van der Waals surface area contributed by atoms with Gasteiger partial charge in [-0.3, -0.25) is 0 Å². The van der Waals surface area contributed by atoms with Crippen LogP contribution in [0.2, 0.25) is 0 Å². The zero-order chi connectivity index (χ0) is 21.0. The highest BCUT2D eigenvalue weighted by atomic mass is 16.5. The number of esters is 2. The van der Waals surface area contributed by atoms with Crippen LogP contribution in [0.15, 0.2) is 24.3 Å². The maximum absolute atomic E-state index is 12.9. The van der Waals surface area contributed by atoms with Crippen LogP contribution in [0.4, 0.5) is 0 Å². The molecule has 3 rings (SSSR count). The van der Waals surface area contributed by atoms with E-state index in [-0.39, 0.29) is 24.1 Å². The second-order valence-corrected chi connectivity index (χ2v) is 9.00. The predicted molar refractivity (Wildman–Crippen MR) is 119 cm³/mol. The second-order valence-electron chi connectivity index (χ2n) is 9.00. The summed E-state index contributed by atoms with van der Waals surface area (Å²) in [6.07, 6.45) is 17.9. The van der Waals surface area contributed by atoms with E-state index < -0.39 is 0 Å². The molecule has 4 nitrogen and oxygen atoms in total. The lowest BCUT2D eigenvalue weighted by Crippen LogP contribution is -2.23. The van der Waals surface area contributed by atoms with Crippen LogP contribution in [-0.4, -0.2) is 24.1 Å². The van der Waals surface area contributed by atoms with E-state index in [1.165, 1.54) is 51.4 Å². The van der Waals surface area contributed by atoms with Crippen LogP contribution in [0.3, 0.4) is 0 Å². The predicted octanol–water partition coefficient (Wildman–Crippen LogP) is 7.01. The molecule has 1 aromatic carbocycles. The molecule has 0 saturated heterocycles. The minimum Gasteiger partial charge on any atom is -0.459 e. The third kappa shape index (κ3) is 7.45. The van der Waals surface area contributed by atoms with Crippen molar-refractivity contribution in [2.75, 3.05) is 0 Å². The molecule has 1 aromatic rings. The van der Waals surface area contributed by atoms with Crippen molar-refractivity contribution in [1.82, 2.24) is 0 Å². The minimum absolute atomic E-state index is 0.0472. The summed E-state index contributed by atoms with van der Waals surface area (Å²) in [6, 6.07) is 6.96. The van der Waals surface area contributed by atoms with Crippen LogP contribution < -0.4 is 0 Å². The number of hydrogen-bond donors (Lipinski definition) is 0. The number of carbonyl (C=O) groups is 2. The second kappa shape index (κ2) is 12.8. The lowest BCUT2D eigenvalue weighted by atomic mass is 10.1. The first-order valence-electron chi connectivity index (χ1n) is 12.2. The van der Waals surface area contributed by atoms with Crippen LogP contribution >= 0.6 is 0 Å². The van der Waals surface area contributed by atoms with E-state index in [0.717, 1.165) is 51.4 Å². The Kier molecular flexibility index (Phi) is 9.72. The Morgan fingerprint density at radius 2 is 0.833 bits per heavy atom. The van der Waals surface area contributed by atoms with Gasteiger partial charge in [-0.2, -0.15) is 0 Å². The van der Waals surface area contributed by atoms with Crippen LogP contribution in [0.5, 0.6) is 0 Å². The largest absolute Gasteiger partial charge is 0.459 e. The fourth-order valence-electron chi connectivity index (χ4n) is 4.70. The molecule has 0 heterocycles. The molecule has 0 amide bonds. The van der Waals surface area contributed by atoms with Gasteiger partial charge in [0.15, 0.2) is 0 Å². The molecule has 0 radical (unpaired) electrons. The summed E-state index contributed by atoms with van der Waals surface area (Å²) in [5, 5.41) is 0. The van der Waals surface area contributed by atoms with Gasteiger partial charge in [0.05, 0.1) is 11.1 Å². The maximum atomic E-state index is 12.9. The summed E-state index contributed by atoms with van der Waals surface area (Å²) in [5.74, 6) is -0.775. The molecule has 0 N–H and O–H groups in total. The van der Waals surface area contributed by atoms with E-state index in [1.807, 2.05) is 0 Å². The summed E-state index contributed by atoms with van der Waals surface area (Å²) in [6.45, 7) is 0. The third-order valence-electron chi connectivity index (χ3n) is 6.52. The summed E-state index contributed by atoms with van der Waals surface area (Å²) in [5.41, 5.74) is 0.677. The quantitative estimate of drug-likeness (QED) is 0.497. The molecule has 166 valence electrons. The van der Waals surface area contributed by atoms with Crippen molar-refractivity contribution >= 4 is 11.9 Å². The van der Waals surface area contributed by atoms with Crippen molar-refractivity contribution in [2.45, 2.75) is 115 Å². The normalized spacial score (nSPS) is 20.5. The summed E-state index contributed by atoms with van der Waals surface area (Å²) >= 11 is 0. The molecule has 4 heteroatoms. The van der Waals surface area contributed by atoms with Gasteiger partial charge in [0.2, 0.25) is 0 Å². The zero-order valence-corrected chi connectivity index (χ0v) is 18.4. The molecule has 2 fully saturated rings. The van der Waals surface area contributed by atoms with Crippen LogP contribution in [0.25, 0.3) is 0 Å². The Hall–Kier alpha value is -1.84. The summed E-state index contributed by atoms with van der Waals surface area (Å²) < 4.78 is 11.7. The van der Waals surface area contributed by atoms with E-state index >= 15 is 0 Å². The number of benzene rings is 1. The Labute approximate surface area is 181 Å². The third-order valence-corrected chi connectivity index (χ3v) is 6.52. The van der Waals surface area contributed by atoms with E-state index in [9.17, 15) is 9.59 Å². The van der Waals surface area contributed by atoms with Crippen molar-refractivity contribution in [3.05, 3.63) is 35.4 Å². The molecule has 2 aliphatic carbocycles. The Bertz CT molecular complexity index is 592. The number of ether oxygens (including phenoxy) is 2. The maximum Gasteiger partial charge on any atom is 0.339 e. The first kappa shape index (κ1) is 22.8. The van der Waals surface area contributed by atoms with Crippen molar-refractivity contribution in [3.8, 4) is 0 Å². The van der Waals surface area contributed by atoms with Gasteiger partial charge in [-0.25, -0.2) is 9.59 Å². The molecule has 0 atom stereocenters. The van der Waals surface area contributed by atoms with Crippen LogP contribution in [0, 0.1) is 0 Å². The van der Waals surface area contributed by atoms with Gasteiger partial charge in [-0.1, -0.05) is 63.5 Å². The van der Waals surface area contributed by atoms with Gasteiger partial charge < -0.3 is 9.47 Å². The Morgan fingerprint density at radius 1 is 0.533 bits per heavy atom. The molecule has 0 bridgehead atoms. The molecular weight excluding hydrogens is 376 g/mol. The van der Waals surface area contributed by atoms with Crippen molar-refractivity contribution < 1.29 is 19.1 Å². The van der Waals surface area contributed by atoms with E-state index in [4.69, 9.17) is 9.47 Å². The molecule has 2 aliphatic rings. The number of hydrogen-bond acceptors (Lipinski definition) is 4. The van der Waals surface area contributed by atoms with Gasteiger partial charge in [0.25, 0.3) is 0 Å². The monoisotopic (exact) mass is 414 g/mol. The fourth-order valence-corrected chi connectivity index (χ4v) is 4.70. The van der Waals surface area contributed by atoms with E-state index in [0.29, 0.717) is 11.1 Å². The van der Waals surface area contributed by atoms with Gasteiger partial charge in [-0.15, -0.1) is 0 Å². The molecule has 30 heavy (non-hydrogen) atoms. The van der Waals surface area contributed by atoms with Crippen molar-refractivity contribution in [1.29, 1.82) is 0 Å². The van der Waals surface area contributed by atoms with Gasteiger partial charge in [-0.05, 0) is 63.5 Å². The SMILES string of the molecule is O=C(OC1CCCCCCCC1)c1ccccc1C(=O)OC1CCCCCCCC1. The Morgan fingerprint density at radius 3 is 1.17 bits per heavy atom. The van der Waals surface area contributed by atoms with Gasteiger partial charge in [0, 0.05) is 0 Å². The number of rotatable bonds is 4. The first-order chi connectivity index (χ1) is 14.7. The number of carbonyl (C=O) groups excluding carboxylic acids is 2.